The normalized spacial score (nSPS) is 20.5. The number of ether oxygens (including phenoxy) is 4. The van der Waals surface area contributed by atoms with Crippen molar-refractivity contribution in [1.82, 2.24) is 9.13 Å². The zero-order valence-electron chi connectivity index (χ0n) is 23.9. The van der Waals surface area contributed by atoms with Gasteiger partial charge in [0.25, 0.3) is 11.5 Å². The second-order valence-electron chi connectivity index (χ2n) is 10.2. The molecule has 0 spiro atoms. The number of carbonyl (C=O) groups is 1. The maximum Gasteiger partial charge on any atom is 0.340 e. The van der Waals surface area contributed by atoms with Crippen LogP contribution in [0.2, 0.25) is 0 Å². The Kier molecular flexibility index (Phi) is 9.63. The van der Waals surface area contributed by atoms with Crippen molar-refractivity contribution in [3.8, 4) is 5.75 Å². The Balaban J connectivity index is 1.43. The molecule has 5 rings (SSSR count). The minimum Gasteiger partial charge on any atom is -0.497 e. The fourth-order valence-electron chi connectivity index (χ4n) is 5.35. The van der Waals surface area contributed by atoms with Crippen LogP contribution in [-0.2, 0) is 14.2 Å². The van der Waals surface area contributed by atoms with E-state index in [1.807, 2.05) is 54.6 Å². The molecule has 0 bridgehead atoms. The number of hydrogen-bond acceptors (Lipinski definition) is 8. The SMILES string of the molecule is COCC[C@@H]1[C@H](O)[C@@H](COC(c2ccccc2)c2ccc(OC)cc2)O[C@H]1n1ccc(=O)n(C(=O)c2ccccc2)c1=O. The van der Waals surface area contributed by atoms with Gasteiger partial charge in [-0.3, -0.25) is 14.2 Å². The summed E-state index contributed by atoms with van der Waals surface area (Å²) in [4.78, 5) is 39.4. The molecule has 4 aromatic rings. The number of carbonyl (C=O) groups excluding carboxylic acids is 1. The van der Waals surface area contributed by atoms with Crippen molar-refractivity contribution in [2.45, 2.75) is 31.0 Å². The lowest BCUT2D eigenvalue weighted by Crippen LogP contribution is -2.45. The van der Waals surface area contributed by atoms with Crippen LogP contribution in [0.25, 0.3) is 0 Å². The van der Waals surface area contributed by atoms with Crippen molar-refractivity contribution in [3.05, 3.63) is 135 Å². The molecule has 10 nitrogen and oxygen atoms in total. The summed E-state index contributed by atoms with van der Waals surface area (Å²) in [6.07, 6.45) is -1.62. The van der Waals surface area contributed by atoms with Gasteiger partial charge in [0.05, 0.1) is 19.8 Å². The molecule has 1 saturated heterocycles. The van der Waals surface area contributed by atoms with Gasteiger partial charge in [0.15, 0.2) is 0 Å². The topological polar surface area (TPSA) is 118 Å². The average Bonchev–Trinajstić information content (AvgIpc) is 3.35. The number of hydrogen-bond donors (Lipinski definition) is 1. The molecule has 1 aliphatic heterocycles. The van der Waals surface area contributed by atoms with Crippen LogP contribution in [0.15, 0.2) is 107 Å². The van der Waals surface area contributed by atoms with E-state index in [2.05, 4.69) is 0 Å². The molecule has 1 fully saturated rings. The maximum atomic E-state index is 13.6. The van der Waals surface area contributed by atoms with Crippen molar-refractivity contribution in [2.24, 2.45) is 5.92 Å². The van der Waals surface area contributed by atoms with Gasteiger partial charge in [-0.25, -0.2) is 4.79 Å². The van der Waals surface area contributed by atoms with Crippen LogP contribution in [0.4, 0.5) is 0 Å². The highest BCUT2D eigenvalue weighted by molar-refractivity contribution is 5.95. The molecule has 224 valence electrons. The number of aliphatic hydroxyl groups is 1. The summed E-state index contributed by atoms with van der Waals surface area (Å²) in [5.41, 5.74) is 0.375. The van der Waals surface area contributed by atoms with Crippen molar-refractivity contribution < 1.29 is 28.8 Å². The zero-order chi connectivity index (χ0) is 30.3. The van der Waals surface area contributed by atoms with E-state index in [4.69, 9.17) is 18.9 Å². The van der Waals surface area contributed by atoms with E-state index < -0.39 is 47.6 Å². The molecule has 5 atom stereocenters. The van der Waals surface area contributed by atoms with Crippen LogP contribution in [0.3, 0.4) is 0 Å². The summed E-state index contributed by atoms with van der Waals surface area (Å²) in [5, 5.41) is 11.4. The van der Waals surface area contributed by atoms with Gasteiger partial charge >= 0.3 is 5.69 Å². The fourth-order valence-corrected chi connectivity index (χ4v) is 5.35. The molecule has 1 aromatic heterocycles. The van der Waals surface area contributed by atoms with Crippen LogP contribution in [-0.4, -0.2) is 59.8 Å². The molecular formula is C33H34N2O8. The molecule has 1 aliphatic rings. The molecule has 2 heterocycles. The first-order valence-corrected chi connectivity index (χ1v) is 14.0. The van der Waals surface area contributed by atoms with E-state index in [9.17, 15) is 19.5 Å². The Morgan fingerprint density at radius 3 is 2.21 bits per heavy atom. The minimum absolute atomic E-state index is 0.00404. The van der Waals surface area contributed by atoms with E-state index in [1.165, 1.54) is 22.9 Å². The molecule has 10 heteroatoms. The Bertz CT molecular complexity index is 1620. The van der Waals surface area contributed by atoms with Gasteiger partial charge in [-0.1, -0.05) is 60.7 Å². The third-order valence-electron chi connectivity index (χ3n) is 7.61. The fraction of sp³-hybridized carbons (Fsp3) is 0.303. The monoisotopic (exact) mass is 586 g/mol. The Labute approximate surface area is 248 Å². The van der Waals surface area contributed by atoms with Crippen LogP contribution in [0.1, 0.15) is 40.2 Å². The van der Waals surface area contributed by atoms with E-state index in [0.29, 0.717) is 23.3 Å². The lowest BCUT2D eigenvalue weighted by Gasteiger charge is -2.23. The van der Waals surface area contributed by atoms with Crippen molar-refractivity contribution >= 4 is 5.91 Å². The van der Waals surface area contributed by atoms with Crippen LogP contribution >= 0.6 is 0 Å². The largest absolute Gasteiger partial charge is 0.497 e. The first kappa shape index (κ1) is 30.1. The number of aromatic nitrogens is 2. The molecule has 3 aromatic carbocycles. The van der Waals surface area contributed by atoms with Crippen LogP contribution in [0, 0.1) is 5.92 Å². The number of benzene rings is 3. The Hall–Kier alpha value is -4.35. The highest BCUT2D eigenvalue weighted by Crippen LogP contribution is 2.38. The average molecular weight is 587 g/mol. The molecule has 1 N–H and O–H groups in total. The molecule has 0 aliphatic carbocycles. The summed E-state index contributed by atoms with van der Waals surface area (Å²) in [6.45, 7) is 0.301. The van der Waals surface area contributed by atoms with Gasteiger partial charge in [-0.2, -0.15) is 4.57 Å². The van der Waals surface area contributed by atoms with E-state index >= 15 is 0 Å². The molecule has 0 amide bonds. The third-order valence-corrected chi connectivity index (χ3v) is 7.61. The second-order valence-corrected chi connectivity index (χ2v) is 10.2. The van der Waals surface area contributed by atoms with Gasteiger partial charge < -0.3 is 24.1 Å². The predicted octanol–water partition coefficient (Wildman–Crippen LogP) is 3.42. The van der Waals surface area contributed by atoms with Gasteiger partial charge in [-0.15, -0.1) is 0 Å². The summed E-state index contributed by atoms with van der Waals surface area (Å²) in [5.74, 6) is -0.617. The van der Waals surface area contributed by atoms with Gasteiger partial charge in [0.2, 0.25) is 0 Å². The number of aliphatic hydroxyl groups excluding tert-OH is 1. The van der Waals surface area contributed by atoms with Gasteiger partial charge in [0, 0.05) is 37.5 Å². The number of methoxy groups -OCH3 is 2. The smallest absolute Gasteiger partial charge is 0.340 e. The van der Waals surface area contributed by atoms with Crippen LogP contribution in [0.5, 0.6) is 5.75 Å². The Morgan fingerprint density at radius 1 is 0.907 bits per heavy atom. The molecular weight excluding hydrogens is 552 g/mol. The number of nitrogens with zero attached hydrogens (tertiary/aromatic N) is 2. The van der Waals surface area contributed by atoms with Crippen molar-refractivity contribution in [1.29, 1.82) is 0 Å². The summed E-state index contributed by atoms with van der Waals surface area (Å²) in [7, 11) is 3.15. The highest BCUT2D eigenvalue weighted by atomic mass is 16.6. The third kappa shape index (κ3) is 6.52. The van der Waals surface area contributed by atoms with Gasteiger partial charge in [-0.05, 0) is 41.8 Å². The standard InChI is InChI=1S/C33H34N2O8/c1-40-20-18-26-29(37)27(21-42-30(22-9-5-3-6-10-22)23-13-15-25(41-2)16-14-23)43-32(26)34-19-17-28(36)35(33(34)39)31(38)24-11-7-4-8-12-24/h3-17,19,26-27,29-30,32,37H,18,20-21H2,1-2H3/t26-,27-,29+,30?,32-/m1/s1. The molecule has 43 heavy (non-hydrogen) atoms. The second kappa shape index (κ2) is 13.7. The minimum atomic E-state index is -1.02. The van der Waals surface area contributed by atoms with Crippen molar-refractivity contribution in [2.75, 3.05) is 27.4 Å². The zero-order valence-corrected chi connectivity index (χ0v) is 23.9. The van der Waals surface area contributed by atoms with E-state index in [0.717, 1.165) is 17.2 Å². The molecule has 1 unspecified atom stereocenters. The number of rotatable bonds is 11. The summed E-state index contributed by atoms with van der Waals surface area (Å²) >= 11 is 0. The quantitative estimate of drug-likeness (QED) is 0.284. The lowest BCUT2D eigenvalue weighted by atomic mass is 9.96. The van der Waals surface area contributed by atoms with E-state index in [-0.39, 0.29) is 12.2 Å². The maximum absolute atomic E-state index is 13.6. The predicted molar refractivity (Wildman–Crippen MR) is 158 cm³/mol. The lowest BCUT2D eigenvalue weighted by molar-refractivity contribution is -0.0762. The Morgan fingerprint density at radius 2 is 1.56 bits per heavy atom. The van der Waals surface area contributed by atoms with Crippen molar-refractivity contribution in [3.63, 3.8) is 0 Å². The summed E-state index contributed by atoms with van der Waals surface area (Å²) in [6, 6.07) is 26.4. The van der Waals surface area contributed by atoms with E-state index in [1.54, 1.807) is 32.4 Å². The van der Waals surface area contributed by atoms with Gasteiger partial charge in [0.1, 0.15) is 24.2 Å². The molecule has 0 saturated carbocycles. The first-order valence-electron chi connectivity index (χ1n) is 14.0. The van der Waals surface area contributed by atoms with Crippen LogP contribution < -0.4 is 16.0 Å². The summed E-state index contributed by atoms with van der Waals surface area (Å²) < 4.78 is 25.0. The molecule has 0 radical (unpaired) electrons. The highest BCUT2D eigenvalue weighted by Gasteiger charge is 2.45. The first-order chi connectivity index (χ1) is 20.9.